The molecule has 112 valence electrons. The molecule has 1 aliphatic heterocycles. The van der Waals surface area contributed by atoms with Crippen molar-refractivity contribution in [2.75, 3.05) is 24.5 Å². The minimum Gasteiger partial charge on any atom is -0.339 e. The van der Waals surface area contributed by atoms with Crippen LogP contribution in [0.1, 0.15) is 25.3 Å². The Labute approximate surface area is 125 Å². The molecule has 21 heavy (non-hydrogen) atoms. The average molecular weight is 285 g/mol. The summed E-state index contributed by atoms with van der Waals surface area (Å²) >= 11 is 0. The van der Waals surface area contributed by atoms with Crippen LogP contribution in [0.3, 0.4) is 0 Å². The zero-order chi connectivity index (χ0) is 14.9. The molecule has 1 unspecified atom stereocenters. The number of hydrogen-bond donors (Lipinski definition) is 2. The molecule has 0 spiro atoms. The Bertz CT molecular complexity index is 603. The van der Waals surface area contributed by atoms with Crippen molar-refractivity contribution in [3.05, 3.63) is 29.8 Å². The fourth-order valence-corrected chi connectivity index (χ4v) is 2.89. The molecule has 0 radical (unpaired) electrons. The zero-order valence-electron chi connectivity index (χ0n) is 12.8. The molecule has 1 aliphatic rings. The van der Waals surface area contributed by atoms with Crippen molar-refractivity contribution in [1.29, 1.82) is 0 Å². The van der Waals surface area contributed by atoms with Crippen LogP contribution in [0.25, 0.3) is 11.4 Å². The summed E-state index contributed by atoms with van der Waals surface area (Å²) in [5.74, 6) is 1.61. The molecule has 0 aliphatic carbocycles. The van der Waals surface area contributed by atoms with Crippen molar-refractivity contribution in [1.82, 2.24) is 15.2 Å². The summed E-state index contributed by atoms with van der Waals surface area (Å²) in [5, 5.41) is 7.44. The number of benzene rings is 1. The van der Waals surface area contributed by atoms with Crippen LogP contribution in [0.15, 0.2) is 24.3 Å². The quantitative estimate of drug-likeness (QED) is 0.908. The van der Waals surface area contributed by atoms with Crippen molar-refractivity contribution in [3.63, 3.8) is 0 Å². The molecule has 1 atom stereocenters. The van der Waals surface area contributed by atoms with E-state index in [1.807, 2.05) is 0 Å². The molecule has 3 N–H and O–H groups in total. The van der Waals surface area contributed by atoms with E-state index < -0.39 is 0 Å². The highest BCUT2D eigenvalue weighted by atomic mass is 15.4. The van der Waals surface area contributed by atoms with E-state index in [2.05, 4.69) is 58.2 Å². The average Bonchev–Trinajstić information content (AvgIpc) is 2.98. The highest BCUT2D eigenvalue weighted by molar-refractivity contribution is 5.56. The van der Waals surface area contributed by atoms with Crippen molar-refractivity contribution in [2.24, 2.45) is 11.1 Å². The summed E-state index contributed by atoms with van der Waals surface area (Å²) < 4.78 is 0. The molecule has 0 bridgehead atoms. The number of piperidine rings is 1. The second kappa shape index (κ2) is 5.48. The fraction of sp³-hybridized carbons (Fsp3) is 0.500. The van der Waals surface area contributed by atoms with Crippen LogP contribution in [-0.4, -0.2) is 34.8 Å². The first-order valence-corrected chi connectivity index (χ1v) is 7.54. The van der Waals surface area contributed by atoms with E-state index >= 15 is 0 Å². The lowest BCUT2D eigenvalue weighted by molar-refractivity contribution is 0.270. The number of nitrogens with zero attached hydrogens (tertiary/aromatic N) is 3. The number of anilines is 1. The summed E-state index contributed by atoms with van der Waals surface area (Å²) in [5.41, 5.74) is 8.39. The van der Waals surface area contributed by atoms with Gasteiger partial charge in [0.1, 0.15) is 0 Å². The lowest BCUT2D eigenvalue weighted by atomic mass is 9.82. The largest absolute Gasteiger partial charge is 0.339 e. The number of nitrogens with two attached hydrogens (primary N) is 1. The van der Waals surface area contributed by atoms with E-state index in [0.717, 1.165) is 36.8 Å². The third-order valence-corrected chi connectivity index (χ3v) is 4.36. The topological polar surface area (TPSA) is 70.8 Å². The third kappa shape index (κ3) is 2.93. The van der Waals surface area contributed by atoms with Crippen molar-refractivity contribution >= 4 is 5.95 Å². The summed E-state index contributed by atoms with van der Waals surface area (Å²) in [7, 11) is 0. The van der Waals surface area contributed by atoms with Gasteiger partial charge in [-0.1, -0.05) is 36.8 Å². The standard InChI is InChI=1S/C16H23N5/c1-12-4-6-13(7-5-12)14-18-15(20-19-14)21-9-3-8-16(2,10-17)11-21/h4-7H,3,8-11,17H2,1-2H3,(H,18,19,20). The van der Waals surface area contributed by atoms with Gasteiger partial charge in [0.05, 0.1) is 0 Å². The summed E-state index contributed by atoms with van der Waals surface area (Å²) in [6, 6.07) is 8.31. The van der Waals surface area contributed by atoms with E-state index in [0.29, 0.717) is 6.54 Å². The molecule has 2 aromatic rings. The Balaban J connectivity index is 1.80. The van der Waals surface area contributed by atoms with Crippen molar-refractivity contribution in [2.45, 2.75) is 26.7 Å². The number of hydrogen-bond acceptors (Lipinski definition) is 4. The number of aryl methyl sites for hydroxylation is 1. The molecular weight excluding hydrogens is 262 g/mol. The maximum absolute atomic E-state index is 5.91. The first-order chi connectivity index (χ1) is 10.1. The van der Waals surface area contributed by atoms with Gasteiger partial charge in [-0.15, -0.1) is 5.10 Å². The van der Waals surface area contributed by atoms with Gasteiger partial charge in [0.15, 0.2) is 5.82 Å². The molecule has 5 nitrogen and oxygen atoms in total. The minimum absolute atomic E-state index is 0.170. The number of nitrogens with one attached hydrogen (secondary N) is 1. The van der Waals surface area contributed by atoms with Gasteiger partial charge in [0, 0.05) is 18.7 Å². The Morgan fingerprint density at radius 1 is 1.33 bits per heavy atom. The summed E-state index contributed by atoms with van der Waals surface area (Å²) in [6.07, 6.45) is 2.32. The van der Waals surface area contributed by atoms with Gasteiger partial charge in [0.25, 0.3) is 0 Å². The molecule has 0 saturated carbocycles. The highest BCUT2D eigenvalue weighted by Gasteiger charge is 2.31. The Kier molecular flexibility index (Phi) is 3.68. The normalized spacial score (nSPS) is 22.5. The predicted octanol–water partition coefficient (Wildman–Crippen LogP) is 2.35. The van der Waals surface area contributed by atoms with Crippen molar-refractivity contribution < 1.29 is 0 Å². The molecule has 1 aromatic carbocycles. The minimum atomic E-state index is 0.170. The molecule has 1 saturated heterocycles. The second-order valence-corrected chi connectivity index (χ2v) is 6.39. The Hall–Kier alpha value is -1.88. The summed E-state index contributed by atoms with van der Waals surface area (Å²) in [6.45, 7) is 6.96. The SMILES string of the molecule is Cc1ccc(-c2nc(N3CCCC(C)(CN)C3)n[nH]2)cc1. The molecule has 0 amide bonds. The van der Waals surface area contributed by atoms with Crippen LogP contribution in [-0.2, 0) is 0 Å². The number of aromatic amines is 1. The highest BCUT2D eigenvalue weighted by Crippen LogP contribution is 2.30. The Morgan fingerprint density at radius 3 is 2.81 bits per heavy atom. The van der Waals surface area contributed by atoms with Crippen LogP contribution in [0.2, 0.25) is 0 Å². The zero-order valence-corrected chi connectivity index (χ0v) is 12.8. The van der Waals surface area contributed by atoms with E-state index in [1.165, 1.54) is 12.0 Å². The van der Waals surface area contributed by atoms with Crippen LogP contribution in [0.4, 0.5) is 5.95 Å². The van der Waals surface area contributed by atoms with E-state index in [9.17, 15) is 0 Å². The predicted molar refractivity (Wildman–Crippen MR) is 85.2 cm³/mol. The molecule has 3 rings (SSSR count). The van der Waals surface area contributed by atoms with Crippen LogP contribution < -0.4 is 10.6 Å². The summed E-state index contributed by atoms with van der Waals surface area (Å²) in [4.78, 5) is 6.89. The number of rotatable bonds is 3. The van der Waals surface area contributed by atoms with Crippen molar-refractivity contribution in [3.8, 4) is 11.4 Å². The van der Waals surface area contributed by atoms with Gasteiger partial charge in [0.2, 0.25) is 5.95 Å². The monoisotopic (exact) mass is 285 g/mol. The third-order valence-electron chi connectivity index (χ3n) is 4.36. The maximum atomic E-state index is 5.91. The molecule has 1 fully saturated rings. The van der Waals surface area contributed by atoms with Crippen LogP contribution in [0.5, 0.6) is 0 Å². The lowest BCUT2D eigenvalue weighted by Gasteiger charge is -2.39. The Morgan fingerprint density at radius 2 is 2.10 bits per heavy atom. The van der Waals surface area contributed by atoms with Gasteiger partial charge in [-0.05, 0) is 31.7 Å². The van der Waals surface area contributed by atoms with Gasteiger partial charge in [-0.2, -0.15) is 4.98 Å². The van der Waals surface area contributed by atoms with Crippen LogP contribution >= 0.6 is 0 Å². The lowest BCUT2D eigenvalue weighted by Crippen LogP contribution is -2.46. The van der Waals surface area contributed by atoms with E-state index in [-0.39, 0.29) is 5.41 Å². The van der Waals surface area contributed by atoms with Gasteiger partial charge >= 0.3 is 0 Å². The van der Waals surface area contributed by atoms with Crippen LogP contribution in [0, 0.1) is 12.3 Å². The molecule has 2 heterocycles. The van der Waals surface area contributed by atoms with Gasteiger partial charge < -0.3 is 10.6 Å². The number of H-pyrrole nitrogens is 1. The smallest absolute Gasteiger partial charge is 0.245 e. The van der Waals surface area contributed by atoms with Gasteiger partial charge in [-0.3, -0.25) is 5.10 Å². The number of aromatic nitrogens is 3. The molecule has 1 aromatic heterocycles. The van der Waals surface area contributed by atoms with E-state index in [4.69, 9.17) is 5.73 Å². The first-order valence-electron chi connectivity index (χ1n) is 7.54. The fourth-order valence-electron chi connectivity index (χ4n) is 2.89. The first kappa shape index (κ1) is 14.1. The molecule has 5 heteroatoms. The van der Waals surface area contributed by atoms with Gasteiger partial charge in [-0.25, -0.2) is 0 Å². The maximum Gasteiger partial charge on any atom is 0.245 e. The molecular formula is C16H23N5. The second-order valence-electron chi connectivity index (χ2n) is 6.39. The van der Waals surface area contributed by atoms with E-state index in [1.54, 1.807) is 0 Å².